The van der Waals surface area contributed by atoms with Crippen LogP contribution in [0.2, 0.25) is 0 Å². The van der Waals surface area contributed by atoms with Crippen LogP contribution in [-0.2, 0) is 0 Å². The summed E-state index contributed by atoms with van der Waals surface area (Å²) in [6, 6.07) is 0. The monoisotopic (exact) mass is 163 g/mol. The lowest BCUT2D eigenvalue weighted by atomic mass is 10.0. The first-order valence-electron chi connectivity index (χ1n) is 4.64. The summed E-state index contributed by atoms with van der Waals surface area (Å²) in [6.07, 6.45) is 9.73. The van der Waals surface area contributed by atoms with Gasteiger partial charge in [-0.2, -0.15) is 0 Å². The molecule has 66 valence electrons. The van der Waals surface area contributed by atoms with Crippen molar-refractivity contribution < 1.29 is 0 Å². The Balaban J connectivity index is 2.73. The maximum Gasteiger partial charge on any atom is 0.0332 e. The molecule has 1 heterocycles. The molecule has 1 rings (SSSR count). The number of rotatable bonds is 2. The van der Waals surface area contributed by atoms with Crippen molar-refractivity contribution in [3.63, 3.8) is 0 Å². The third-order valence-corrected chi connectivity index (χ3v) is 2.01. The first-order chi connectivity index (χ1) is 5.88. The molecule has 0 amide bonds. The molecule has 0 aromatic heterocycles. The van der Waals surface area contributed by atoms with Gasteiger partial charge in [0, 0.05) is 12.2 Å². The molecule has 0 radical (unpaired) electrons. The van der Waals surface area contributed by atoms with E-state index >= 15 is 0 Å². The fraction of sp³-hybridized carbons (Fsp3) is 0.455. The van der Waals surface area contributed by atoms with Gasteiger partial charge in [0.1, 0.15) is 0 Å². The lowest BCUT2D eigenvalue weighted by molar-refractivity contribution is 0.666. The summed E-state index contributed by atoms with van der Waals surface area (Å²) < 4.78 is 0. The molecule has 0 spiro atoms. The topological polar surface area (TPSA) is 12.0 Å². The highest BCUT2D eigenvalue weighted by molar-refractivity contribution is 5.33. The maximum absolute atomic E-state index is 3.72. The van der Waals surface area contributed by atoms with E-state index in [0.717, 1.165) is 13.0 Å². The van der Waals surface area contributed by atoms with Crippen LogP contribution in [0.5, 0.6) is 0 Å². The van der Waals surface area contributed by atoms with Crippen LogP contribution >= 0.6 is 0 Å². The number of hydrogen-bond donors (Lipinski definition) is 1. The Kier molecular flexibility index (Phi) is 3.65. The second-order valence-corrected chi connectivity index (χ2v) is 2.98. The molecular formula is C11H17N. The van der Waals surface area contributed by atoms with Crippen LogP contribution in [0.3, 0.4) is 0 Å². The molecule has 0 saturated carbocycles. The largest absolute Gasteiger partial charge is 0.385 e. The summed E-state index contributed by atoms with van der Waals surface area (Å²) >= 11 is 0. The molecule has 1 saturated heterocycles. The van der Waals surface area contributed by atoms with E-state index in [1.807, 2.05) is 6.08 Å². The molecule has 0 aliphatic carbocycles. The van der Waals surface area contributed by atoms with Crippen LogP contribution in [0.25, 0.3) is 0 Å². The molecule has 0 aromatic rings. The van der Waals surface area contributed by atoms with Crippen molar-refractivity contribution in [2.75, 3.05) is 6.54 Å². The number of piperidine rings is 1. The summed E-state index contributed by atoms with van der Waals surface area (Å²) in [7, 11) is 0. The molecular weight excluding hydrogens is 146 g/mol. The Morgan fingerprint density at radius 2 is 2.42 bits per heavy atom. The van der Waals surface area contributed by atoms with E-state index in [1.165, 1.54) is 24.1 Å². The van der Waals surface area contributed by atoms with Crippen LogP contribution in [0.4, 0.5) is 0 Å². The lowest BCUT2D eigenvalue weighted by Crippen LogP contribution is -2.21. The molecule has 0 unspecified atom stereocenters. The van der Waals surface area contributed by atoms with Gasteiger partial charge in [0.15, 0.2) is 0 Å². The van der Waals surface area contributed by atoms with Gasteiger partial charge in [-0.25, -0.2) is 0 Å². The summed E-state index contributed by atoms with van der Waals surface area (Å²) in [5.74, 6) is 0. The maximum atomic E-state index is 3.72. The Labute approximate surface area is 74.9 Å². The molecule has 12 heavy (non-hydrogen) atoms. The average Bonchev–Trinajstić information content (AvgIpc) is 2.09. The minimum Gasteiger partial charge on any atom is -0.385 e. The van der Waals surface area contributed by atoms with Gasteiger partial charge in [-0.05, 0) is 24.8 Å². The van der Waals surface area contributed by atoms with Crippen LogP contribution in [0.15, 0.2) is 36.1 Å². The highest BCUT2D eigenvalue weighted by Gasteiger charge is 2.08. The van der Waals surface area contributed by atoms with Crippen molar-refractivity contribution >= 4 is 0 Å². The quantitative estimate of drug-likeness (QED) is 0.660. The van der Waals surface area contributed by atoms with Crippen molar-refractivity contribution in [1.82, 2.24) is 5.32 Å². The molecule has 1 N–H and O–H groups in total. The second-order valence-electron chi connectivity index (χ2n) is 2.98. The van der Waals surface area contributed by atoms with Crippen LogP contribution in [-0.4, -0.2) is 6.54 Å². The number of nitrogens with one attached hydrogen (secondary N) is 1. The number of allylic oxidation sites excluding steroid dienone is 4. The molecule has 0 atom stereocenters. The van der Waals surface area contributed by atoms with Crippen LogP contribution in [0, 0.1) is 0 Å². The minimum absolute atomic E-state index is 1.09. The predicted octanol–water partition coefficient (Wildman–Crippen LogP) is 2.78. The smallest absolute Gasteiger partial charge is 0.0332 e. The Hall–Kier alpha value is -0.980. The zero-order valence-electron chi connectivity index (χ0n) is 7.77. The molecule has 1 fully saturated rings. The van der Waals surface area contributed by atoms with E-state index in [9.17, 15) is 0 Å². The van der Waals surface area contributed by atoms with Crippen molar-refractivity contribution in [3.8, 4) is 0 Å². The number of hydrogen-bond acceptors (Lipinski definition) is 1. The van der Waals surface area contributed by atoms with Gasteiger partial charge in [0.25, 0.3) is 0 Å². The zero-order valence-corrected chi connectivity index (χ0v) is 7.77. The molecule has 1 aliphatic heterocycles. The van der Waals surface area contributed by atoms with Gasteiger partial charge in [0.2, 0.25) is 0 Å². The Bertz CT molecular complexity index is 211. The van der Waals surface area contributed by atoms with E-state index < -0.39 is 0 Å². The summed E-state index contributed by atoms with van der Waals surface area (Å²) in [4.78, 5) is 0. The Morgan fingerprint density at radius 3 is 3.08 bits per heavy atom. The third kappa shape index (κ3) is 2.26. The molecule has 1 aliphatic rings. The third-order valence-electron chi connectivity index (χ3n) is 2.01. The van der Waals surface area contributed by atoms with Gasteiger partial charge >= 0.3 is 0 Å². The van der Waals surface area contributed by atoms with Gasteiger partial charge < -0.3 is 5.32 Å². The highest BCUT2D eigenvalue weighted by Crippen LogP contribution is 2.18. The fourth-order valence-electron chi connectivity index (χ4n) is 1.47. The molecule has 1 heteroatoms. The van der Waals surface area contributed by atoms with E-state index in [0.29, 0.717) is 0 Å². The average molecular weight is 163 g/mol. The van der Waals surface area contributed by atoms with Crippen molar-refractivity contribution in [2.24, 2.45) is 0 Å². The first kappa shape index (κ1) is 9.11. The zero-order chi connectivity index (χ0) is 8.81. The van der Waals surface area contributed by atoms with E-state index in [4.69, 9.17) is 0 Å². The first-order valence-corrected chi connectivity index (χ1v) is 4.64. The van der Waals surface area contributed by atoms with E-state index in [2.05, 4.69) is 31.0 Å². The summed E-state index contributed by atoms with van der Waals surface area (Å²) in [5, 5.41) is 3.40. The van der Waals surface area contributed by atoms with Gasteiger partial charge in [-0.15, -0.1) is 0 Å². The normalized spacial score (nSPS) is 24.1. The predicted molar refractivity (Wildman–Crippen MR) is 53.9 cm³/mol. The van der Waals surface area contributed by atoms with Crippen molar-refractivity contribution in [2.45, 2.75) is 26.2 Å². The van der Waals surface area contributed by atoms with Crippen LogP contribution in [0.1, 0.15) is 26.2 Å². The fourth-order valence-corrected chi connectivity index (χ4v) is 1.47. The summed E-state index contributed by atoms with van der Waals surface area (Å²) in [6.45, 7) is 6.99. The van der Waals surface area contributed by atoms with E-state index in [1.54, 1.807) is 0 Å². The van der Waals surface area contributed by atoms with Crippen molar-refractivity contribution in [1.29, 1.82) is 0 Å². The SMILES string of the molecule is C=C/C=C1/CCCN/C1=C/CC. The van der Waals surface area contributed by atoms with Gasteiger partial charge in [-0.1, -0.05) is 31.7 Å². The van der Waals surface area contributed by atoms with Crippen LogP contribution < -0.4 is 5.32 Å². The highest BCUT2D eigenvalue weighted by atomic mass is 14.9. The molecule has 0 bridgehead atoms. The van der Waals surface area contributed by atoms with Crippen molar-refractivity contribution in [3.05, 3.63) is 36.1 Å². The standard InChI is InChI=1S/C11H17N/c1-3-6-10-8-5-9-12-11(10)7-4-2/h3,6-7,12H,1,4-5,8-9H2,2H3/b10-6-,11-7+. The second kappa shape index (κ2) is 4.81. The van der Waals surface area contributed by atoms with Gasteiger partial charge in [-0.3, -0.25) is 0 Å². The molecule has 1 nitrogen and oxygen atoms in total. The van der Waals surface area contributed by atoms with Gasteiger partial charge in [0.05, 0.1) is 0 Å². The van der Waals surface area contributed by atoms with E-state index in [-0.39, 0.29) is 0 Å². The Morgan fingerprint density at radius 1 is 1.58 bits per heavy atom. The lowest BCUT2D eigenvalue weighted by Gasteiger charge is -2.20. The minimum atomic E-state index is 1.09. The summed E-state index contributed by atoms with van der Waals surface area (Å²) in [5.41, 5.74) is 2.71. The molecule has 0 aromatic carbocycles.